The number of thiophene rings is 1. The SMILES string of the molecule is CCCC(=O)Nc1ccc(Oc2nc(C)nc3sc4c(c23)CCC4)c(C(C)=O)c1. The van der Waals surface area contributed by atoms with Gasteiger partial charge in [0.25, 0.3) is 0 Å². The predicted octanol–water partition coefficient (Wildman–Crippen LogP) is 5.22. The van der Waals surface area contributed by atoms with Crippen LogP contribution in [0.15, 0.2) is 18.2 Å². The molecule has 2 heterocycles. The first-order valence-corrected chi connectivity index (χ1v) is 10.7. The first-order valence-electron chi connectivity index (χ1n) is 9.87. The van der Waals surface area contributed by atoms with Gasteiger partial charge in [-0.15, -0.1) is 11.3 Å². The number of ketones is 1. The van der Waals surface area contributed by atoms with Gasteiger partial charge < -0.3 is 10.1 Å². The third-order valence-electron chi connectivity index (χ3n) is 4.97. The molecular weight excluding hydrogens is 386 g/mol. The van der Waals surface area contributed by atoms with Crippen molar-refractivity contribution in [3.05, 3.63) is 40.0 Å². The van der Waals surface area contributed by atoms with Gasteiger partial charge in [0, 0.05) is 17.0 Å². The van der Waals surface area contributed by atoms with Crippen molar-refractivity contribution in [1.29, 1.82) is 0 Å². The Morgan fingerprint density at radius 1 is 1.24 bits per heavy atom. The monoisotopic (exact) mass is 409 g/mol. The first kappa shape index (κ1) is 19.5. The first-order chi connectivity index (χ1) is 14.0. The van der Waals surface area contributed by atoms with E-state index in [1.54, 1.807) is 29.5 Å². The summed E-state index contributed by atoms with van der Waals surface area (Å²) in [4.78, 5) is 35.6. The van der Waals surface area contributed by atoms with Gasteiger partial charge in [0.15, 0.2) is 5.78 Å². The lowest BCUT2D eigenvalue weighted by Crippen LogP contribution is -2.11. The molecule has 7 heteroatoms. The molecule has 0 aliphatic heterocycles. The van der Waals surface area contributed by atoms with Gasteiger partial charge in [0.1, 0.15) is 16.4 Å². The highest BCUT2D eigenvalue weighted by molar-refractivity contribution is 7.19. The van der Waals surface area contributed by atoms with E-state index in [0.717, 1.165) is 35.9 Å². The van der Waals surface area contributed by atoms with E-state index in [0.29, 0.717) is 35.1 Å². The fraction of sp³-hybridized carbons (Fsp3) is 0.364. The predicted molar refractivity (Wildman–Crippen MR) is 114 cm³/mol. The number of carbonyl (C=O) groups is 2. The van der Waals surface area contributed by atoms with Crippen molar-refractivity contribution >= 4 is 38.9 Å². The number of hydrogen-bond acceptors (Lipinski definition) is 6. The highest BCUT2D eigenvalue weighted by Crippen LogP contribution is 2.42. The van der Waals surface area contributed by atoms with Gasteiger partial charge in [0.2, 0.25) is 11.8 Å². The molecule has 0 fully saturated rings. The van der Waals surface area contributed by atoms with Crippen LogP contribution in [0.3, 0.4) is 0 Å². The van der Waals surface area contributed by atoms with Crippen molar-refractivity contribution in [2.45, 2.75) is 52.9 Å². The summed E-state index contributed by atoms with van der Waals surface area (Å²) in [5, 5.41) is 3.79. The topological polar surface area (TPSA) is 81.2 Å². The molecule has 0 saturated carbocycles. The Morgan fingerprint density at radius 2 is 2.07 bits per heavy atom. The number of fused-ring (bicyclic) bond motifs is 3. The molecule has 6 nitrogen and oxygen atoms in total. The second kappa shape index (κ2) is 7.91. The number of rotatable bonds is 6. The summed E-state index contributed by atoms with van der Waals surface area (Å²) in [5.74, 6) is 1.36. The number of benzene rings is 1. The Hall–Kier alpha value is -2.80. The van der Waals surface area contributed by atoms with E-state index in [4.69, 9.17) is 4.74 Å². The van der Waals surface area contributed by atoms with Gasteiger partial charge in [-0.2, -0.15) is 4.98 Å². The maximum Gasteiger partial charge on any atom is 0.231 e. The minimum atomic E-state index is -0.135. The van der Waals surface area contributed by atoms with Crippen LogP contribution in [0.5, 0.6) is 11.6 Å². The average Bonchev–Trinajstić information content (AvgIpc) is 3.23. The van der Waals surface area contributed by atoms with E-state index in [1.807, 2.05) is 13.8 Å². The number of nitrogens with zero attached hydrogens (tertiary/aromatic N) is 2. The second-order valence-electron chi connectivity index (χ2n) is 7.28. The molecule has 0 unspecified atom stereocenters. The lowest BCUT2D eigenvalue weighted by molar-refractivity contribution is -0.116. The van der Waals surface area contributed by atoms with Gasteiger partial charge in [-0.1, -0.05) is 6.92 Å². The molecule has 2 aromatic heterocycles. The van der Waals surface area contributed by atoms with E-state index < -0.39 is 0 Å². The molecule has 150 valence electrons. The quantitative estimate of drug-likeness (QED) is 0.564. The third kappa shape index (κ3) is 3.87. The second-order valence-corrected chi connectivity index (χ2v) is 8.36. The molecule has 0 radical (unpaired) electrons. The van der Waals surface area contributed by atoms with Crippen molar-refractivity contribution in [3.63, 3.8) is 0 Å². The molecule has 0 saturated heterocycles. The summed E-state index contributed by atoms with van der Waals surface area (Å²) < 4.78 is 6.18. The highest BCUT2D eigenvalue weighted by Gasteiger charge is 2.24. The molecule has 0 atom stereocenters. The van der Waals surface area contributed by atoms with E-state index in [9.17, 15) is 9.59 Å². The molecule has 1 aromatic carbocycles. The molecule has 1 amide bonds. The number of ether oxygens (including phenoxy) is 1. The number of aryl methyl sites for hydroxylation is 3. The minimum Gasteiger partial charge on any atom is -0.437 e. The van der Waals surface area contributed by atoms with E-state index in [2.05, 4.69) is 15.3 Å². The van der Waals surface area contributed by atoms with Crippen molar-refractivity contribution in [3.8, 4) is 11.6 Å². The number of nitrogens with one attached hydrogen (secondary N) is 1. The summed E-state index contributed by atoms with van der Waals surface area (Å²) in [6, 6.07) is 5.13. The van der Waals surface area contributed by atoms with Crippen molar-refractivity contribution in [2.75, 3.05) is 5.32 Å². The number of anilines is 1. The maximum absolute atomic E-state index is 12.3. The van der Waals surface area contributed by atoms with Crippen molar-refractivity contribution in [2.24, 2.45) is 0 Å². The van der Waals surface area contributed by atoms with Crippen molar-refractivity contribution < 1.29 is 14.3 Å². The summed E-state index contributed by atoms with van der Waals surface area (Å²) in [5.41, 5.74) is 2.27. The molecule has 1 aliphatic carbocycles. The highest BCUT2D eigenvalue weighted by atomic mass is 32.1. The zero-order valence-electron chi connectivity index (χ0n) is 16.8. The molecule has 0 bridgehead atoms. The average molecular weight is 410 g/mol. The number of carbonyl (C=O) groups excluding carboxylic acids is 2. The number of aromatic nitrogens is 2. The number of amides is 1. The summed E-state index contributed by atoms with van der Waals surface area (Å²) in [6.07, 6.45) is 4.41. The maximum atomic E-state index is 12.3. The van der Waals surface area contributed by atoms with Gasteiger partial charge in [-0.05, 0) is 63.3 Å². The van der Waals surface area contributed by atoms with Crippen LogP contribution in [-0.4, -0.2) is 21.7 Å². The lowest BCUT2D eigenvalue weighted by Gasteiger charge is -2.13. The molecule has 3 aromatic rings. The van der Waals surface area contributed by atoms with E-state index >= 15 is 0 Å². The lowest BCUT2D eigenvalue weighted by atomic mass is 10.1. The fourth-order valence-electron chi connectivity index (χ4n) is 3.66. The zero-order valence-corrected chi connectivity index (χ0v) is 17.6. The summed E-state index contributed by atoms with van der Waals surface area (Å²) in [6.45, 7) is 5.28. The Morgan fingerprint density at radius 3 is 2.83 bits per heavy atom. The molecule has 0 spiro atoms. The zero-order chi connectivity index (χ0) is 20.5. The van der Waals surface area contributed by atoms with Crippen LogP contribution in [-0.2, 0) is 17.6 Å². The Kier molecular flexibility index (Phi) is 5.32. The fourth-order valence-corrected chi connectivity index (χ4v) is 4.96. The molecule has 4 rings (SSSR count). The van der Waals surface area contributed by atoms with Gasteiger partial charge in [-0.3, -0.25) is 9.59 Å². The van der Waals surface area contributed by atoms with E-state index in [-0.39, 0.29) is 11.7 Å². The summed E-state index contributed by atoms with van der Waals surface area (Å²) in [7, 11) is 0. The smallest absolute Gasteiger partial charge is 0.231 e. The number of Topliss-reactive ketones (excluding diaryl/α,β-unsaturated/α-hetero) is 1. The Labute approximate surface area is 173 Å². The van der Waals surface area contributed by atoms with Crippen LogP contribution < -0.4 is 10.1 Å². The molecule has 29 heavy (non-hydrogen) atoms. The van der Waals surface area contributed by atoms with Crippen LogP contribution in [0.2, 0.25) is 0 Å². The third-order valence-corrected chi connectivity index (χ3v) is 6.16. The van der Waals surface area contributed by atoms with Crippen LogP contribution >= 0.6 is 11.3 Å². The Bertz CT molecular complexity index is 1120. The molecular formula is C22H23N3O3S. The van der Waals surface area contributed by atoms with Crippen LogP contribution in [0.4, 0.5) is 5.69 Å². The normalized spacial score (nSPS) is 12.8. The standard InChI is InChI=1S/C22H23N3O3S/c1-4-6-19(27)25-14-9-10-17(16(11-14)12(2)26)28-21-20-15-7-5-8-18(15)29-22(20)24-13(3)23-21/h9-11H,4-8H2,1-3H3,(H,25,27). The molecule has 1 N–H and O–H groups in total. The van der Waals surface area contributed by atoms with Gasteiger partial charge in [0.05, 0.1) is 10.9 Å². The van der Waals surface area contributed by atoms with Crippen molar-refractivity contribution in [1.82, 2.24) is 9.97 Å². The van der Waals surface area contributed by atoms with Crippen LogP contribution in [0, 0.1) is 6.92 Å². The number of hydrogen-bond donors (Lipinski definition) is 1. The largest absolute Gasteiger partial charge is 0.437 e. The Balaban J connectivity index is 1.73. The van der Waals surface area contributed by atoms with E-state index in [1.165, 1.54) is 17.4 Å². The molecule has 1 aliphatic rings. The van der Waals surface area contributed by atoms with Crippen LogP contribution in [0.25, 0.3) is 10.2 Å². The minimum absolute atomic E-state index is 0.0716. The van der Waals surface area contributed by atoms with Gasteiger partial charge >= 0.3 is 0 Å². The van der Waals surface area contributed by atoms with Crippen LogP contribution in [0.1, 0.15) is 59.7 Å². The summed E-state index contributed by atoms with van der Waals surface area (Å²) >= 11 is 1.70. The van der Waals surface area contributed by atoms with Gasteiger partial charge in [-0.25, -0.2) is 4.98 Å².